The average molecular weight is 395 g/mol. The lowest BCUT2D eigenvalue weighted by Gasteiger charge is -2.39. The van der Waals surface area contributed by atoms with Gasteiger partial charge in [0, 0.05) is 44.8 Å². The van der Waals surface area contributed by atoms with Crippen molar-refractivity contribution in [3.05, 3.63) is 29.8 Å². The normalized spacial score (nSPS) is 18.4. The first-order chi connectivity index (χ1) is 13.5. The molecule has 1 aromatic carbocycles. The highest BCUT2D eigenvalue weighted by Crippen LogP contribution is 2.38. The van der Waals surface area contributed by atoms with E-state index in [4.69, 9.17) is 14.2 Å². The molecule has 0 heterocycles. The predicted octanol–water partition coefficient (Wildman–Crippen LogP) is 2.30. The highest BCUT2D eigenvalue weighted by molar-refractivity contribution is 5.33. The fraction of sp³-hybridized carbons (Fsp3) is 0.727. The van der Waals surface area contributed by atoms with Gasteiger partial charge in [0.1, 0.15) is 5.75 Å². The summed E-state index contributed by atoms with van der Waals surface area (Å²) in [6, 6.07) is 8.24. The van der Waals surface area contributed by atoms with Crippen molar-refractivity contribution in [2.45, 2.75) is 44.4 Å². The molecule has 0 bridgehead atoms. The Labute approximate surface area is 170 Å². The van der Waals surface area contributed by atoms with Gasteiger partial charge in [-0.15, -0.1) is 0 Å². The number of aliphatic hydroxyl groups excluding tert-OH is 1. The van der Waals surface area contributed by atoms with Gasteiger partial charge in [-0.3, -0.25) is 4.90 Å². The van der Waals surface area contributed by atoms with Crippen molar-refractivity contribution in [3.63, 3.8) is 0 Å². The molecule has 0 spiro atoms. The molecule has 0 saturated heterocycles. The summed E-state index contributed by atoms with van der Waals surface area (Å²) in [6.45, 7) is 3.44. The summed E-state index contributed by atoms with van der Waals surface area (Å²) in [5.74, 6) is 0.952. The van der Waals surface area contributed by atoms with Gasteiger partial charge in [-0.05, 0) is 45.8 Å². The lowest BCUT2D eigenvalue weighted by Crippen LogP contribution is -2.39. The summed E-state index contributed by atoms with van der Waals surface area (Å²) in [4.78, 5) is 2.13. The largest absolute Gasteiger partial charge is 0.490 e. The molecule has 160 valence electrons. The van der Waals surface area contributed by atoms with Crippen molar-refractivity contribution in [2.75, 3.05) is 54.6 Å². The van der Waals surface area contributed by atoms with E-state index in [1.54, 1.807) is 14.2 Å². The number of para-hydroxylation sites is 1. The van der Waals surface area contributed by atoms with E-state index in [0.717, 1.165) is 56.8 Å². The molecule has 1 saturated carbocycles. The molecule has 1 atom stereocenters. The maximum absolute atomic E-state index is 10.0. The summed E-state index contributed by atoms with van der Waals surface area (Å²) in [5.41, 5.74) is 1.28. The van der Waals surface area contributed by atoms with Gasteiger partial charge in [0.2, 0.25) is 0 Å². The molecule has 1 aliphatic rings. The van der Waals surface area contributed by atoms with Crippen LogP contribution in [0.3, 0.4) is 0 Å². The smallest absolute Gasteiger partial charge is 0.124 e. The first-order valence-electron chi connectivity index (χ1n) is 10.3. The van der Waals surface area contributed by atoms with Crippen LogP contribution in [0.15, 0.2) is 24.3 Å². The SMILES string of the molecule is CNC[C@@H](O)CN(C)Cc1ccccc1OC1CCC(COC)(COC)CC1. The second kappa shape index (κ2) is 11.7. The van der Waals surface area contributed by atoms with Crippen LogP contribution in [0.25, 0.3) is 0 Å². The van der Waals surface area contributed by atoms with E-state index in [-0.39, 0.29) is 17.6 Å². The fourth-order valence-electron chi connectivity index (χ4n) is 4.21. The van der Waals surface area contributed by atoms with E-state index in [1.807, 2.05) is 26.2 Å². The number of aliphatic hydroxyl groups is 1. The Morgan fingerprint density at radius 1 is 1.18 bits per heavy atom. The lowest BCUT2D eigenvalue weighted by atomic mass is 9.74. The van der Waals surface area contributed by atoms with Crippen LogP contribution in [-0.2, 0) is 16.0 Å². The molecule has 0 amide bonds. The zero-order valence-corrected chi connectivity index (χ0v) is 17.9. The van der Waals surface area contributed by atoms with E-state index in [9.17, 15) is 5.11 Å². The minimum absolute atomic E-state index is 0.118. The van der Waals surface area contributed by atoms with Crippen molar-refractivity contribution in [1.82, 2.24) is 10.2 Å². The highest BCUT2D eigenvalue weighted by Gasteiger charge is 2.36. The predicted molar refractivity (Wildman–Crippen MR) is 112 cm³/mol. The maximum atomic E-state index is 10.0. The van der Waals surface area contributed by atoms with Crippen molar-refractivity contribution in [2.24, 2.45) is 5.41 Å². The standard InChI is InChI=1S/C22H38N2O4/c1-23-13-19(25)15-24(2)14-18-7-5-6-8-21(18)28-20-9-11-22(12-10-20,16-26-3)17-27-4/h5-8,19-20,23,25H,9-17H2,1-4H3/t19-/m1/s1. The molecule has 6 nitrogen and oxygen atoms in total. The van der Waals surface area contributed by atoms with Gasteiger partial charge >= 0.3 is 0 Å². The molecule has 6 heteroatoms. The van der Waals surface area contributed by atoms with E-state index < -0.39 is 0 Å². The zero-order valence-electron chi connectivity index (χ0n) is 17.9. The second-order valence-electron chi connectivity index (χ2n) is 8.20. The Morgan fingerprint density at radius 2 is 1.82 bits per heavy atom. The van der Waals surface area contributed by atoms with E-state index in [1.165, 1.54) is 0 Å². The molecule has 0 aromatic heterocycles. The Kier molecular flexibility index (Phi) is 9.68. The van der Waals surface area contributed by atoms with Gasteiger partial charge in [-0.25, -0.2) is 0 Å². The van der Waals surface area contributed by atoms with Crippen LogP contribution in [0.2, 0.25) is 0 Å². The molecule has 28 heavy (non-hydrogen) atoms. The average Bonchev–Trinajstić information content (AvgIpc) is 2.66. The first-order valence-corrected chi connectivity index (χ1v) is 10.3. The molecule has 0 unspecified atom stereocenters. The van der Waals surface area contributed by atoms with Crippen molar-refractivity contribution in [3.8, 4) is 5.75 Å². The third kappa shape index (κ3) is 7.01. The number of hydrogen-bond acceptors (Lipinski definition) is 6. The fourth-order valence-corrected chi connectivity index (χ4v) is 4.21. The van der Waals surface area contributed by atoms with E-state index >= 15 is 0 Å². The van der Waals surface area contributed by atoms with Gasteiger partial charge in [0.25, 0.3) is 0 Å². The van der Waals surface area contributed by atoms with Crippen LogP contribution >= 0.6 is 0 Å². The van der Waals surface area contributed by atoms with E-state index in [0.29, 0.717) is 13.1 Å². The summed E-state index contributed by atoms with van der Waals surface area (Å²) in [6.07, 6.45) is 3.98. The molecule has 0 aliphatic heterocycles. The topological polar surface area (TPSA) is 63.2 Å². The summed E-state index contributed by atoms with van der Waals surface area (Å²) < 4.78 is 17.3. The number of hydrogen-bond donors (Lipinski definition) is 2. The van der Waals surface area contributed by atoms with Gasteiger partial charge in [0.15, 0.2) is 0 Å². The monoisotopic (exact) mass is 394 g/mol. The highest BCUT2D eigenvalue weighted by atomic mass is 16.5. The minimum atomic E-state index is -0.379. The Balaban J connectivity index is 1.93. The number of methoxy groups -OCH3 is 2. The lowest BCUT2D eigenvalue weighted by molar-refractivity contribution is -0.0340. The Morgan fingerprint density at radius 3 is 2.43 bits per heavy atom. The third-order valence-electron chi connectivity index (χ3n) is 5.56. The second-order valence-corrected chi connectivity index (χ2v) is 8.20. The molecule has 0 radical (unpaired) electrons. The van der Waals surface area contributed by atoms with Crippen molar-refractivity contribution in [1.29, 1.82) is 0 Å². The molecule has 1 aromatic rings. The van der Waals surface area contributed by atoms with Gasteiger partial charge in [0.05, 0.1) is 25.4 Å². The van der Waals surface area contributed by atoms with Crippen LogP contribution in [0.1, 0.15) is 31.2 Å². The number of nitrogens with one attached hydrogen (secondary N) is 1. The third-order valence-corrected chi connectivity index (χ3v) is 5.56. The van der Waals surface area contributed by atoms with Crippen molar-refractivity contribution >= 4 is 0 Å². The molecule has 2 N–H and O–H groups in total. The van der Waals surface area contributed by atoms with Crippen molar-refractivity contribution < 1.29 is 19.3 Å². The van der Waals surface area contributed by atoms with Gasteiger partial charge in [-0.1, -0.05) is 18.2 Å². The van der Waals surface area contributed by atoms with Gasteiger partial charge in [-0.2, -0.15) is 0 Å². The molecule has 1 fully saturated rings. The van der Waals surface area contributed by atoms with Crippen LogP contribution < -0.4 is 10.1 Å². The number of ether oxygens (including phenoxy) is 3. The van der Waals surface area contributed by atoms with E-state index in [2.05, 4.69) is 22.3 Å². The zero-order chi connectivity index (χ0) is 20.4. The Bertz CT molecular complexity index is 553. The number of benzene rings is 1. The summed E-state index contributed by atoms with van der Waals surface area (Å²) in [5, 5.41) is 13.0. The minimum Gasteiger partial charge on any atom is -0.490 e. The molecule has 1 aliphatic carbocycles. The summed E-state index contributed by atoms with van der Waals surface area (Å²) >= 11 is 0. The van der Waals surface area contributed by atoms with Crippen LogP contribution in [-0.4, -0.2) is 76.8 Å². The maximum Gasteiger partial charge on any atom is 0.124 e. The number of rotatable bonds is 12. The number of likely N-dealkylation sites (N-methyl/N-ethyl adjacent to an activating group) is 2. The van der Waals surface area contributed by atoms with Crippen LogP contribution in [0.4, 0.5) is 0 Å². The summed E-state index contributed by atoms with van der Waals surface area (Å²) in [7, 11) is 7.41. The molecular weight excluding hydrogens is 356 g/mol. The van der Waals surface area contributed by atoms with Gasteiger partial charge < -0.3 is 24.6 Å². The van der Waals surface area contributed by atoms with Crippen LogP contribution in [0.5, 0.6) is 5.75 Å². The molecule has 2 rings (SSSR count). The quantitative estimate of drug-likeness (QED) is 0.567. The first kappa shape index (κ1) is 23.1. The Hall–Kier alpha value is -1.18. The number of nitrogens with zero attached hydrogens (tertiary/aromatic N) is 1. The van der Waals surface area contributed by atoms with Crippen LogP contribution in [0, 0.1) is 5.41 Å². The molecular formula is C22H38N2O4.